The number of hydrogen-bond donors (Lipinski definition) is 1. The van der Waals surface area contributed by atoms with Crippen molar-refractivity contribution in [3.05, 3.63) is 82.7 Å². The molecule has 2 atom stereocenters. The largest absolute Gasteiger partial charge is 0.277 e. The molecule has 2 unspecified atom stereocenters. The molecule has 10 heteroatoms. The van der Waals surface area contributed by atoms with Crippen LogP contribution in [0.25, 0.3) is 20.7 Å². The SMILES string of the molecule is CC1SC(c2cccc([N+](=O)[O-])c2)N(Nc2ncnc3cc(-c4ccccc4)sc23)C1=O. The maximum absolute atomic E-state index is 12.9. The highest BCUT2D eigenvalue weighted by Gasteiger charge is 2.40. The molecule has 1 fully saturated rings. The first-order valence-corrected chi connectivity index (χ1v) is 11.6. The third-order valence-corrected chi connectivity index (χ3v) is 7.65. The van der Waals surface area contributed by atoms with Crippen molar-refractivity contribution in [2.24, 2.45) is 0 Å². The van der Waals surface area contributed by atoms with Crippen LogP contribution in [-0.4, -0.2) is 31.1 Å². The Morgan fingerprint density at radius 2 is 1.91 bits per heavy atom. The number of nitro groups is 1. The Morgan fingerprint density at radius 3 is 2.69 bits per heavy atom. The van der Waals surface area contributed by atoms with E-state index in [2.05, 4.69) is 15.4 Å². The number of amides is 1. The number of anilines is 1. The number of fused-ring (bicyclic) bond motifs is 1. The maximum atomic E-state index is 12.9. The molecule has 0 aliphatic carbocycles. The Bertz CT molecular complexity index is 1330. The summed E-state index contributed by atoms with van der Waals surface area (Å²) in [5.74, 6) is 0.416. The molecule has 5 rings (SSSR count). The van der Waals surface area contributed by atoms with Gasteiger partial charge in [0.25, 0.3) is 11.6 Å². The van der Waals surface area contributed by atoms with Crippen molar-refractivity contribution in [3.63, 3.8) is 0 Å². The van der Waals surface area contributed by atoms with Crippen LogP contribution >= 0.6 is 23.1 Å². The molecule has 160 valence electrons. The van der Waals surface area contributed by atoms with Crippen LogP contribution in [0.3, 0.4) is 0 Å². The zero-order valence-corrected chi connectivity index (χ0v) is 18.5. The fraction of sp³-hybridized carbons (Fsp3) is 0.136. The molecular weight excluding hydrogens is 446 g/mol. The molecule has 0 radical (unpaired) electrons. The first kappa shape index (κ1) is 20.4. The number of benzene rings is 2. The van der Waals surface area contributed by atoms with Gasteiger partial charge in [-0.3, -0.25) is 20.3 Å². The molecule has 3 heterocycles. The zero-order valence-electron chi connectivity index (χ0n) is 16.8. The summed E-state index contributed by atoms with van der Waals surface area (Å²) in [7, 11) is 0. The summed E-state index contributed by atoms with van der Waals surface area (Å²) in [5, 5.41) is 12.0. The Hall–Kier alpha value is -3.50. The summed E-state index contributed by atoms with van der Waals surface area (Å²) >= 11 is 2.98. The van der Waals surface area contributed by atoms with E-state index in [1.165, 1.54) is 35.2 Å². The second-order valence-corrected chi connectivity index (χ2v) is 9.69. The molecule has 1 aliphatic heterocycles. The van der Waals surface area contributed by atoms with E-state index >= 15 is 0 Å². The molecule has 0 spiro atoms. The number of nitro benzene ring substituents is 1. The molecule has 1 N–H and O–H groups in total. The number of aromatic nitrogens is 2. The molecule has 4 aromatic rings. The summed E-state index contributed by atoms with van der Waals surface area (Å²) in [4.78, 5) is 33.6. The summed E-state index contributed by atoms with van der Waals surface area (Å²) in [6, 6.07) is 18.4. The van der Waals surface area contributed by atoms with Gasteiger partial charge in [-0.2, -0.15) is 0 Å². The van der Waals surface area contributed by atoms with E-state index in [0.717, 1.165) is 20.7 Å². The third-order valence-electron chi connectivity index (χ3n) is 5.11. The Morgan fingerprint density at radius 1 is 1.09 bits per heavy atom. The van der Waals surface area contributed by atoms with Crippen LogP contribution in [0.1, 0.15) is 17.9 Å². The molecule has 1 amide bonds. The van der Waals surface area contributed by atoms with Gasteiger partial charge >= 0.3 is 0 Å². The maximum Gasteiger partial charge on any atom is 0.269 e. The van der Waals surface area contributed by atoms with Gasteiger partial charge < -0.3 is 0 Å². The van der Waals surface area contributed by atoms with E-state index in [9.17, 15) is 14.9 Å². The minimum absolute atomic E-state index is 0.00904. The number of thioether (sulfide) groups is 1. The summed E-state index contributed by atoms with van der Waals surface area (Å²) in [5.41, 5.74) is 5.71. The number of thiophene rings is 1. The second kappa shape index (κ2) is 8.21. The van der Waals surface area contributed by atoms with Gasteiger partial charge in [0.15, 0.2) is 5.82 Å². The topological polar surface area (TPSA) is 101 Å². The lowest BCUT2D eigenvalue weighted by Crippen LogP contribution is -2.35. The predicted octanol–water partition coefficient (Wildman–Crippen LogP) is 5.26. The van der Waals surface area contributed by atoms with Gasteiger partial charge in [0.2, 0.25) is 0 Å². The zero-order chi connectivity index (χ0) is 22.2. The number of carbonyl (C=O) groups excluding carboxylic acids is 1. The number of nitrogens with one attached hydrogen (secondary N) is 1. The van der Waals surface area contributed by atoms with E-state index < -0.39 is 10.3 Å². The summed E-state index contributed by atoms with van der Waals surface area (Å²) in [6.45, 7) is 1.83. The van der Waals surface area contributed by atoms with Gasteiger partial charge in [0, 0.05) is 17.0 Å². The van der Waals surface area contributed by atoms with Crippen molar-refractivity contribution in [1.29, 1.82) is 0 Å². The van der Waals surface area contributed by atoms with Gasteiger partial charge in [0.05, 0.1) is 20.4 Å². The van der Waals surface area contributed by atoms with Crippen LogP contribution in [0, 0.1) is 10.1 Å². The average molecular weight is 464 g/mol. The molecule has 0 bridgehead atoms. The van der Waals surface area contributed by atoms with Crippen LogP contribution in [-0.2, 0) is 4.79 Å². The number of nitrogens with zero attached hydrogens (tertiary/aromatic N) is 4. The fourth-order valence-electron chi connectivity index (χ4n) is 3.55. The van der Waals surface area contributed by atoms with Crippen molar-refractivity contribution in [3.8, 4) is 10.4 Å². The number of rotatable bonds is 5. The van der Waals surface area contributed by atoms with Gasteiger partial charge in [-0.05, 0) is 24.1 Å². The molecule has 1 aliphatic rings. The Kier molecular flexibility index (Phi) is 5.24. The number of hydrogen-bond acceptors (Lipinski definition) is 8. The Labute approximate surface area is 191 Å². The smallest absolute Gasteiger partial charge is 0.269 e. The molecule has 0 saturated carbocycles. The van der Waals surface area contributed by atoms with Crippen LogP contribution in [0.4, 0.5) is 11.5 Å². The van der Waals surface area contributed by atoms with Crippen LogP contribution < -0.4 is 5.43 Å². The minimum atomic E-state index is -0.434. The van der Waals surface area contributed by atoms with Crippen molar-refractivity contribution in [1.82, 2.24) is 15.0 Å². The van der Waals surface area contributed by atoms with Crippen LogP contribution in [0.2, 0.25) is 0 Å². The van der Waals surface area contributed by atoms with E-state index in [1.807, 2.05) is 43.3 Å². The highest BCUT2D eigenvalue weighted by molar-refractivity contribution is 8.01. The molecule has 32 heavy (non-hydrogen) atoms. The van der Waals surface area contributed by atoms with Gasteiger partial charge in [-0.25, -0.2) is 15.0 Å². The molecular formula is C22H17N5O3S2. The van der Waals surface area contributed by atoms with Crippen molar-refractivity contribution >= 4 is 50.7 Å². The van der Waals surface area contributed by atoms with Gasteiger partial charge in [-0.15, -0.1) is 23.1 Å². The van der Waals surface area contributed by atoms with E-state index in [-0.39, 0.29) is 16.8 Å². The van der Waals surface area contributed by atoms with Crippen LogP contribution in [0.5, 0.6) is 0 Å². The van der Waals surface area contributed by atoms with Crippen molar-refractivity contribution in [2.45, 2.75) is 17.5 Å². The number of hydrazine groups is 1. The van der Waals surface area contributed by atoms with Crippen molar-refractivity contribution in [2.75, 3.05) is 5.43 Å². The fourth-order valence-corrected chi connectivity index (χ4v) is 5.80. The standard InChI is InChI=1S/C22H17N5O3S2/c1-13-21(28)26(22(31-13)15-8-5-9-16(10-15)27(29)30)25-20-19-17(23-12-24-20)11-18(32-19)14-6-3-2-4-7-14/h2-13,22H,1H3,(H,23,24,25). The van der Waals surface area contributed by atoms with E-state index in [0.29, 0.717) is 11.4 Å². The highest BCUT2D eigenvalue weighted by Crippen LogP contribution is 2.44. The second-order valence-electron chi connectivity index (χ2n) is 7.22. The monoisotopic (exact) mass is 463 g/mol. The van der Waals surface area contributed by atoms with Gasteiger partial charge in [0.1, 0.15) is 11.7 Å². The quantitative estimate of drug-likeness (QED) is 0.318. The number of non-ortho nitro benzene ring substituents is 1. The highest BCUT2D eigenvalue weighted by atomic mass is 32.2. The average Bonchev–Trinajstić information content (AvgIpc) is 3.37. The first-order valence-electron chi connectivity index (χ1n) is 9.81. The Balaban J connectivity index is 1.51. The van der Waals surface area contributed by atoms with E-state index in [1.54, 1.807) is 23.5 Å². The molecule has 2 aromatic heterocycles. The first-order chi connectivity index (χ1) is 15.5. The lowest BCUT2D eigenvalue weighted by Gasteiger charge is -2.25. The molecule has 8 nitrogen and oxygen atoms in total. The summed E-state index contributed by atoms with van der Waals surface area (Å²) in [6.07, 6.45) is 1.46. The normalized spacial score (nSPS) is 18.3. The molecule has 2 aromatic carbocycles. The van der Waals surface area contributed by atoms with Crippen molar-refractivity contribution < 1.29 is 9.72 Å². The lowest BCUT2D eigenvalue weighted by atomic mass is 10.2. The number of carbonyl (C=O) groups is 1. The van der Waals surface area contributed by atoms with Gasteiger partial charge in [-0.1, -0.05) is 42.5 Å². The molecule has 1 saturated heterocycles. The predicted molar refractivity (Wildman–Crippen MR) is 126 cm³/mol. The van der Waals surface area contributed by atoms with E-state index in [4.69, 9.17) is 0 Å². The third kappa shape index (κ3) is 3.67. The summed E-state index contributed by atoms with van der Waals surface area (Å²) < 4.78 is 0.835. The lowest BCUT2D eigenvalue weighted by molar-refractivity contribution is -0.384. The minimum Gasteiger partial charge on any atom is -0.277 e. The van der Waals surface area contributed by atoms with Crippen LogP contribution in [0.15, 0.2) is 67.0 Å².